The van der Waals surface area contributed by atoms with Gasteiger partial charge in [0, 0.05) is 0 Å². The van der Waals surface area contributed by atoms with Crippen LogP contribution in [0.15, 0.2) is 44.6 Å². The largest absolute Gasteiger partial charge is 0.431 e. The van der Waals surface area contributed by atoms with E-state index in [2.05, 4.69) is 15.6 Å². The highest BCUT2D eigenvalue weighted by Gasteiger charge is 2.14. The number of aromatic nitrogens is 3. The Morgan fingerprint density at radius 1 is 1.43 bits per heavy atom. The van der Waals surface area contributed by atoms with E-state index >= 15 is 0 Å². The molecule has 1 N–H and O–H groups in total. The molecule has 7 nitrogen and oxygen atoms in total. The first kappa shape index (κ1) is 13.6. The van der Waals surface area contributed by atoms with Gasteiger partial charge in [0.05, 0.1) is 5.75 Å². The molecule has 2 heterocycles. The molecule has 0 bridgehead atoms. The zero-order valence-electron chi connectivity index (χ0n) is 11.3. The third-order valence-electron chi connectivity index (χ3n) is 2.70. The number of carbonyl (C=O) groups excluding carboxylic acids is 1. The number of benzene rings is 1. The highest BCUT2D eigenvalue weighted by atomic mass is 32.2. The number of anilines is 1. The SMILES string of the molecule is CC[n+]1cc(NC(=O)CSc2nc3ccccc3o2)on1. The van der Waals surface area contributed by atoms with Crippen LogP contribution < -0.4 is 10.00 Å². The van der Waals surface area contributed by atoms with Gasteiger partial charge in [0.2, 0.25) is 11.2 Å². The number of thioether (sulfide) groups is 1. The first-order valence-corrected chi connectivity index (χ1v) is 7.38. The van der Waals surface area contributed by atoms with Crippen LogP contribution in [0.1, 0.15) is 6.92 Å². The van der Waals surface area contributed by atoms with Crippen LogP contribution in [0.4, 0.5) is 5.88 Å². The summed E-state index contributed by atoms with van der Waals surface area (Å²) in [6.07, 6.45) is 1.63. The smallest absolute Gasteiger partial charge is 0.302 e. The van der Waals surface area contributed by atoms with E-state index in [-0.39, 0.29) is 11.7 Å². The lowest BCUT2D eigenvalue weighted by Crippen LogP contribution is -2.32. The number of amides is 1. The number of fused-ring (bicyclic) bond motifs is 1. The van der Waals surface area contributed by atoms with Gasteiger partial charge in [-0.25, -0.2) is 4.98 Å². The minimum Gasteiger partial charge on any atom is -0.431 e. The van der Waals surface area contributed by atoms with Crippen molar-refractivity contribution in [3.63, 3.8) is 0 Å². The van der Waals surface area contributed by atoms with Crippen molar-refractivity contribution in [1.29, 1.82) is 0 Å². The molecule has 0 unspecified atom stereocenters. The predicted molar refractivity (Wildman–Crippen MR) is 75.7 cm³/mol. The molecule has 0 aliphatic rings. The van der Waals surface area contributed by atoms with Crippen LogP contribution in [0.5, 0.6) is 0 Å². The van der Waals surface area contributed by atoms with Crippen LogP contribution in [0.25, 0.3) is 11.1 Å². The lowest BCUT2D eigenvalue weighted by molar-refractivity contribution is -0.759. The Morgan fingerprint density at radius 2 is 2.29 bits per heavy atom. The molecule has 3 aromatic rings. The van der Waals surface area contributed by atoms with E-state index in [0.29, 0.717) is 23.2 Å². The van der Waals surface area contributed by atoms with Crippen molar-refractivity contribution in [1.82, 2.24) is 10.3 Å². The van der Waals surface area contributed by atoms with Gasteiger partial charge < -0.3 is 4.42 Å². The highest BCUT2D eigenvalue weighted by Crippen LogP contribution is 2.23. The molecule has 0 spiro atoms. The van der Waals surface area contributed by atoms with Crippen LogP contribution in [-0.4, -0.2) is 21.9 Å². The predicted octanol–water partition coefficient (Wildman–Crippen LogP) is 1.85. The van der Waals surface area contributed by atoms with Crippen molar-refractivity contribution in [3.8, 4) is 0 Å². The molecule has 0 fully saturated rings. The minimum absolute atomic E-state index is 0.180. The average Bonchev–Trinajstić information content (AvgIpc) is 3.10. The summed E-state index contributed by atoms with van der Waals surface area (Å²) in [6.45, 7) is 2.61. The molecule has 0 saturated heterocycles. The first-order valence-electron chi connectivity index (χ1n) is 6.39. The second kappa shape index (κ2) is 5.96. The maximum Gasteiger partial charge on any atom is 0.302 e. The Morgan fingerprint density at radius 3 is 3.05 bits per heavy atom. The van der Waals surface area contributed by atoms with Crippen LogP contribution >= 0.6 is 11.8 Å². The first-order chi connectivity index (χ1) is 10.2. The van der Waals surface area contributed by atoms with Gasteiger partial charge in [-0.15, -0.1) is 0 Å². The van der Waals surface area contributed by atoms with E-state index in [1.165, 1.54) is 11.8 Å². The summed E-state index contributed by atoms with van der Waals surface area (Å²) in [7, 11) is 0. The molecular weight excluding hydrogens is 292 g/mol. The molecule has 0 radical (unpaired) electrons. The summed E-state index contributed by atoms with van der Waals surface area (Å²) in [5.74, 6) is 0.293. The Bertz CT molecular complexity index is 734. The molecule has 2 aromatic heterocycles. The maximum atomic E-state index is 11.8. The lowest BCUT2D eigenvalue weighted by atomic mass is 10.3. The molecule has 8 heteroatoms. The average molecular weight is 305 g/mol. The zero-order valence-corrected chi connectivity index (χ0v) is 12.1. The number of hydrogen-bond acceptors (Lipinski definition) is 6. The molecule has 108 valence electrons. The van der Waals surface area contributed by atoms with Crippen molar-refractivity contribution in [2.75, 3.05) is 11.1 Å². The summed E-state index contributed by atoms with van der Waals surface area (Å²) in [5, 5.41) is 6.81. The van der Waals surface area contributed by atoms with Crippen LogP contribution in [0.2, 0.25) is 0 Å². The molecule has 1 aromatic carbocycles. The highest BCUT2D eigenvalue weighted by molar-refractivity contribution is 7.99. The number of oxazole rings is 1. The molecule has 3 rings (SSSR count). The van der Waals surface area contributed by atoms with E-state index in [0.717, 1.165) is 5.52 Å². The molecule has 1 amide bonds. The van der Waals surface area contributed by atoms with Gasteiger partial charge in [-0.3, -0.25) is 14.6 Å². The molecule has 0 aliphatic carbocycles. The number of para-hydroxylation sites is 2. The second-order valence-corrected chi connectivity index (χ2v) is 5.13. The summed E-state index contributed by atoms with van der Waals surface area (Å²) < 4.78 is 12.1. The van der Waals surface area contributed by atoms with Gasteiger partial charge in [0.25, 0.3) is 11.4 Å². The third-order valence-corrected chi connectivity index (χ3v) is 3.53. The maximum absolute atomic E-state index is 11.8. The van der Waals surface area contributed by atoms with Gasteiger partial charge in [0.1, 0.15) is 5.52 Å². The van der Waals surface area contributed by atoms with Gasteiger partial charge in [-0.05, 0) is 19.1 Å². The number of carbonyl (C=O) groups is 1. The third kappa shape index (κ3) is 3.22. The minimum atomic E-state index is -0.207. The quantitative estimate of drug-likeness (QED) is 0.572. The van der Waals surface area contributed by atoms with Crippen LogP contribution in [0.3, 0.4) is 0 Å². The van der Waals surface area contributed by atoms with E-state index in [9.17, 15) is 4.79 Å². The normalized spacial score (nSPS) is 10.9. The number of nitrogens with one attached hydrogen (secondary N) is 1. The summed E-state index contributed by atoms with van der Waals surface area (Å²) in [6, 6.07) is 7.46. The molecule has 0 saturated carbocycles. The van der Waals surface area contributed by atoms with Crippen molar-refractivity contribution < 1.29 is 18.4 Å². The zero-order chi connectivity index (χ0) is 14.7. The van der Waals surface area contributed by atoms with Gasteiger partial charge in [0.15, 0.2) is 12.1 Å². The van der Waals surface area contributed by atoms with E-state index in [1.54, 1.807) is 10.9 Å². The molecule has 0 aliphatic heterocycles. The van der Waals surface area contributed by atoms with Crippen molar-refractivity contribution in [2.45, 2.75) is 18.7 Å². The fraction of sp³-hybridized carbons (Fsp3) is 0.231. The number of hydrogen-bond donors (Lipinski definition) is 1. The number of rotatable bonds is 5. The van der Waals surface area contributed by atoms with Crippen LogP contribution in [-0.2, 0) is 11.3 Å². The fourth-order valence-electron chi connectivity index (χ4n) is 1.70. The molecule has 21 heavy (non-hydrogen) atoms. The van der Waals surface area contributed by atoms with Gasteiger partial charge >= 0.3 is 5.88 Å². The Labute approximate surface area is 124 Å². The summed E-state index contributed by atoms with van der Waals surface area (Å²) in [5.41, 5.74) is 1.49. The van der Waals surface area contributed by atoms with Crippen molar-refractivity contribution in [3.05, 3.63) is 30.5 Å². The molecular formula is C13H13N4O3S+. The Balaban J connectivity index is 1.57. The van der Waals surface area contributed by atoms with Gasteiger partial charge in [-0.1, -0.05) is 28.6 Å². The van der Waals surface area contributed by atoms with E-state index in [4.69, 9.17) is 8.94 Å². The Hall–Kier alpha value is -2.35. The van der Waals surface area contributed by atoms with Crippen molar-refractivity contribution in [2.24, 2.45) is 0 Å². The summed E-state index contributed by atoms with van der Waals surface area (Å²) >= 11 is 1.23. The Kier molecular flexibility index (Phi) is 3.87. The topological polar surface area (TPSA) is 85.0 Å². The fourth-order valence-corrected chi connectivity index (χ4v) is 2.33. The monoisotopic (exact) mass is 305 g/mol. The number of aryl methyl sites for hydroxylation is 1. The molecule has 0 atom stereocenters. The van der Waals surface area contributed by atoms with E-state index in [1.807, 2.05) is 31.2 Å². The number of nitrogens with zero attached hydrogens (tertiary/aromatic N) is 3. The second-order valence-electron chi connectivity index (χ2n) is 4.21. The van der Waals surface area contributed by atoms with E-state index < -0.39 is 0 Å². The van der Waals surface area contributed by atoms with Crippen LogP contribution in [0, 0.1) is 0 Å². The standard InChI is InChI=1S/C13H12N4O3S/c1-2-17-7-12(20-16-17)15-11(18)8-21-13-14-9-5-3-4-6-10(9)19-13/h3-7H,2,8H2,1H3/p+1. The van der Waals surface area contributed by atoms with Gasteiger partial charge in [-0.2, -0.15) is 0 Å². The van der Waals surface area contributed by atoms with Crippen molar-refractivity contribution >= 4 is 34.7 Å². The summed E-state index contributed by atoms with van der Waals surface area (Å²) in [4.78, 5) is 16.1. The lowest BCUT2D eigenvalue weighted by Gasteiger charge is -1.96.